The standard InChI is InChI=1S/C21H16N2O6/c24-11-21-10-9-16(29-21)17-18(21)20(26)22(19(17)25)14-5-1-12(2-6-14)13-3-7-15(8-4-13)23(27)28/h1-10,16-18,24H,11H2/t16-,17-,18-,21+/m1/s1. The quantitative estimate of drug-likeness (QED) is 0.369. The van der Waals surface area contributed by atoms with Crippen LogP contribution < -0.4 is 4.90 Å². The first-order valence-electron chi connectivity index (χ1n) is 9.16. The van der Waals surface area contributed by atoms with Crippen LogP contribution in [0.15, 0.2) is 60.7 Å². The van der Waals surface area contributed by atoms with Gasteiger partial charge < -0.3 is 9.84 Å². The smallest absolute Gasteiger partial charge is 0.269 e. The number of aliphatic hydroxyl groups excluding tert-OH is 1. The highest BCUT2D eigenvalue weighted by atomic mass is 16.6. The summed E-state index contributed by atoms with van der Waals surface area (Å²) in [7, 11) is 0. The summed E-state index contributed by atoms with van der Waals surface area (Å²) in [6, 6.07) is 13.0. The van der Waals surface area contributed by atoms with Gasteiger partial charge in [0.2, 0.25) is 11.8 Å². The fraction of sp³-hybridized carbons (Fsp3) is 0.238. The SMILES string of the molecule is O=C1[C@@H]2[C@H]3C=C[C@@](CO)(O3)[C@H]2C(=O)N1c1ccc(-c2ccc([N+](=O)[O-])cc2)cc1. The summed E-state index contributed by atoms with van der Waals surface area (Å²) >= 11 is 0. The Morgan fingerprint density at radius 1 is 1.03 bits per heavy atom. The van der Waals surface area contributed by atoms with Crippen LogP contribution in [0.2, 0.25) is 0 Å². The van der Waals surface area contributed by atoms with Crippen molar-refractivity contribution in [1.29, 1.82) is 0 Å². The number of carbonyl (C=O) groups excluding carboxylic acids is 2. The van der Waals surface area contributed by atoms with Crippen molar-refractivity contribution in [2.24, 2.45) is 11.8 Å². The van der Waals surface area contributed by atoms with Gasteiger partial charge in [-0.3, -0.25) is 19.7 Å². The predicted molar refractivity (Wildman–Crippen MR) is 102 cm³/mol. The number of non-ortho nitro benzene ring substituents is 1. The Morgan fingerprint density at radius 3 is 2.24 bits per heavy atom. The van der Waals surface area contributed by atoms with Gasteiger partial charge in [0.1, 0.15) is 5.60 Å². The minimum Gasteiger partial charge on any atom is -0.393 e. The molecule has 8 nitrogen and oxygen atoms in total. The molecule has 5 rings (SSSR count). The van der Waals surface area contributed by atoms with Crippen LogP contribution in [0.5, 0.6) is 0 Å². The van der Waals surface area contributed by atoms with E-state index in [4.69, 9.17) is 4.74 Å². The largest absolute Gasteiger partial charge is 0.393 e. The summed E-state index contributed by atoms with van der Waals surface area (Å²) in [5.41, 5.74) is 0.934. The van der Waals surface area contributed by atoms with E-state index >= 15 is 0 Å². The molecule has 0 unspecified atom stereocenters. The van der Waals surface area contributed by atoms with Crippen LogP contribution in [0.3, 0.4) is 0 Å². The molecule has 0 saturated carbocycles. The predicted octanol–water partition coefficient (Wildman–Crippen LogP) is 2.07. The highest BCUT2D eigenvalue weighted by Gasteiger charge is 2.67. The third-order valence-corrected chi connectivity index (χ3v) is 5.94. The Hall–Kier alpha value is -3.36. The van der Waals surface area contributed by atoms with Crippen LogP contribution in [0.1, 0.15) is 0 Å². The molecule has 0 radical (unpaired) electrons. The molecule has 2 amide bonds. The summed E-state index contributed by atoms with van der Waals surface area (Å²) < 4.78 is 5.73. The van der Waals surface area contributed by atoms with Crippen molar-refractivity contribution in [3.8, 4) is 11.1 Å². The van der Waals surface area contributed by atoms with Crippen LogP contribution in [-0.2, 0) is 14.3 Å². The van der Waals surface area contributed by atoms with E-state index in [1.807, 2.05) is 0 Å². The molecule has 0 spiro atoms. The summed E-state index contributed by atoms with van der Waals surface area (Å²) in [6.07, 6.45) is 2.93. The molecule has 0 aliphatic carbocycles. The maximum absolute atomic E-state index is 13.0. The zero-order valence-electron chi connectivity index (χ0n) is 15.1. The molecule has 2 saturated heterocycles. The zero-order chi connectivity index (χ0) is 20.3. The number of nitrogens with zero attached hydrogens (tertiary/aromatic N) is 2. The molecular formula is C21H16N2O6. The molecule has 3 heterocycles. The first-order valence-corrected chi connectivity index (χ1v) is 9.16. The molecular weight excluding hydrogens is 376 g/mol. The summed E-state index contributed by atoms with van der Waals surface area (Å²) in [5.74, 6) is -2.03. The summed E-state index contributed by atoms with van der Waals surface area (Å²) in [4.78, 5) is 37.5. The van der Waals surface area contributed by atoms with Crippen molar-refractivity contribution >= 4 is 23.2 Å². The maximum atomic E-state index is 13.0. The van der Waals surface area contributed by atoms with Gasteiger partial charge in [0.25, 0.3) is 5.69 Å². The van der Waals surface area contributed by atoms with E-state index in [1.54, 1.807) is 48.6 Å². The lowest BCUT2D eigenvalue weighted by molar-refractivity contribution is -0.384. The number of nitro benzene ring substituents is 1. The van der Waals surface area contributed by atoms with E-state index in [2.05, 4.69) is 0 Å². The van der Waals surface area contributed by atoms with Crippen molar-refractivity contribution < 1.29 is 24.4 Å². The first-order chi connectivity index (χ1) is 13.9. The molecule has 1 N–H and O–H groups in total. The Bertz CT molecular complexity index is 1060. The Labute approximate surface area is 165 Å². The minimum atomic E-state index is -1.12. The van der Waals surface area contributed by atoms with Gasteiger partial charge in [-0.15, -0.1) is 0 Å². The van der Waals surface area contributed by atoms with E-state index in [0.29, 0.717) is 5.69 Å². The van der Waals surface area contributed by atoms with Gasteiger partial charge in [-0.1, -0.05) is 24.3 Å². The van der Waals surface area contributed by atoms with Gasteiger partial charge in [-0.25, -0.2) is 4.90 Å². The molecule has 8 heteroatoms. The molecule has 3 aliphatic rings. The van der Waals surface area contributed by atoms with E-state index in [1.165, 1.54) is 17.0 Å². The Balaban J connectivity index is 1.43. The molecule has 2 fully saturated rings. The highest BCUT2D eigenvalue weighted by Crippen LogP contribution is 2.52. The topological polar surface area (TPSA) is 110 Å². The van der Waals surface area contributed by atoms with E-state index in [0.717, 1.165) is 11.1 Å². The second-order valence-electron chi connectivity index (χ2n) is 7.42. The fourth-order valence-electron chi connectivity index (χ4n) is 4.52. The lowest BCUT2D eigenvalue weighted by Gasteiger charge is -2.26. The lowest BCUT2D eigenvalue weighted by Crippen LogP contribution is -2.43. The number of carbonyl (C=O) groups is 2. The van der Waals surface area contributed by atoms with Gasteiger partial charge in [0, 0.05) is 12.1 Å². The molecule has 146 valence electrons. The third kappa shape index (κ3) is 2.39. The molecule has 4 atom stereocenters. The molecule has 2 aromatic carbocycles. The molecule has 0 aromatic heterocycles. The Kier molecular flexibility index (Phi) is 3.71. The lowest BCUT2D eigenvalue weighted by atomic mass is 9.77. The second kappa shape index (κ2) is 6.07. The molecule has 2 bridgehead atoms. The number of hydrogen-bond acceptors (Lipinski definition) is 6. The number of amides is 2. The molecule has 29 heavy (non-hydrogen) atoms. The van der Waals surface area contributed by atoms with Gasteiger partial charge in [0.15, 0.2) is 0 Å². The number of ether oxygens (including phenoxy) is 1. The van der Waals surface area contributed by atoms with Crippen LogP contribution in [-0.4, -0.2) is 40.2 Å². The third-order valence-electron chi connectivity index (χ3n) is 5.94. The minimum absolute atomic E-state index is 0.00782. The Morgan fingerprint density at radius 2 is 1.66 bits per heavy atom. The van der Waals surface area contributed by atoms with E-state index in [9.17, 15) is 24.8 Å². The highest BCUT2D eigenvalue weighted by molar-refractivity contribution is 6.23. The van der Waals surface area contributed by atoms with E-state index in [-0.39, 0.29) is 24.1 Å². The normalized spacial score (nSPS) is 29.6. The van der Waals surface area contributed by atoms with Gasteiger partial charge in [-0.05, 0) is 35.4 Å². The number of benzene rings is 2. The van der Waals surface area contributed by atoms with Gasteiger partial charge in [-0.2, -0.15) is 0 Å². The van der Waals surface area contributed by atoms with Gasteiger partial charge >= 0.3 is 0 Å². The number of nitro groups is 1. The van der Waals surface area contributed by atoms with Crippen molar-refractivity contribution in [3.05, 3.63) is 70.8 Å². The number of hydrogen-bond donors (Lipinski definition) is 1. The van der Waals surface area contributed by atoms with Crippen molar-refractivity contribution in [2.45, 2.75) is 11.7 Å². The monoisotopic (exact) mass is 392 g/mol. The fourth-order valence-corrected chi connectivity index (χ4v) is 4.52. The number of rotatable bonds is 4. The van der Waals surface area contributed by atoms with Crippen molar-refractivity contribution in [2.75, 3.05) is 11.5 Å². The average molecular weight is 392 g/mol. The maximum Gasteiger partial charge on any atom is 0.269 e. The summed E-state index contributed by atoms with van der Waals surface area (Å²) in [6.45, 7) is -0.354. The first kappa shape index (κ1) is 17.7. The zero-order valence-corrected chi connectivity index (χ0v) is 15.1. The van der Waals surface area contributed by atoms with Crippen molar-refractivity contribution in [1.82, 2.24) is 0 Å². The second-order valence-corrected chi connectivity index (χ2v) is 7.42. The van der Waals surface area contributed by atoms with Crippen LogP contribution in [0.25, 0.3) is 11.1 Å². The van der Waals surface area contributed by atoms with Crippen molar-refractivity contribution in [3.63, 3.8) is 0 Å². The van der Waals surface area contributed by atoms with Gasteiger partial charge in [0.05, 0.1) is 35.2 Å². The molecule has 3 aliphatic heterocycles. The van der Waals surface area contributed by atoms with Crippen LogP contribution >= 0.6 is 0 Å². The van der Waals surface area contributed by atoms with Crippen LogP contribution in [0.4, 0.5) is 11.4 Å². The number of fused-ring (bicyclic) bond motifs is 5. The molecule has 2 aromatic rings. The number of imide groups is 1. The average Bonchev–Trinajstić information content (AvgIpc) is 3.39. The van der Waals surface area contributed by atoms with Crippen LogP contribution in [0, 0.1) is 22.0 Å². The number of anilines is 1. The van der Waals surface area contributed by atoms with E-state index < -0.39 is 28.5 Å². The summed E-state index contributed by atoms with van der Waals surface area (Å²) in [5, 5.41) is 20.6. The number of aliphatic hydroxyl groups is 1.